The van der Waals surface area contributed by atoms with Gasteiger partial charge in [-0.1, -0.05) is 0 Å². The molecule has 0 N–H and O–H groups in total. The molecule has 0 unspecified atom stereocenters. The third-order valence-electron chi connectivity index (χ3n) is 3.28. The van der Waals surface area contributed by atoms with E-state index in [1.165, 1.54) is 38.3 Å². The van der Waals surface area contributed by atoms with Gasteiger partial charge in [-0.15, -0.1) is 0 Å². The van der Waals surface area contributed by atoms with Crippen LogP contribution in [0, 0.1) is 0 Å². The van der Waals surface area contributed by atoms with Gasteiger partial charge in [0.15, 0.2) is 11.5 Å². The lowest BCUT2D eigenvalue weighted by atomic mass is 10.1. The van der Waals surface area contributed by atoms with Gasteiger partial charge in [0.2, 0.25) is 0 Å². The number of esters is 1. The lowest BCUT2D eigenvalue weighted by Gasteiger charge is -2.08. The lowest BCUT2D eigenvalue weighted by molar-refractivity contribution is -0.141. The van der Waals surface area contributed by atoms with Crippen LogP contribution in [0.2, 0.25) is 0 Å². The third kappa shape index (κ3) is 3.65. The molecule has 0 saturated carbocycles. The summed E-state index contributed by atoms with van der Waals surface area (Å²) < 4.78 is 50.4. The number of hydrogen-bond acceptors (Lipinski definition) is 5. The number of alkyl halides is 3. The Morgan fingerprint density at radius 3 is 2.24 bits per heavy atom. The van der Waals surface area contributed by atoms with E-state index >= 15 is 0 Å². The Labute approximate surface area is 141 Å². The summed E-state index contributed by atoms with van der Waals surface area (Å²) in [5.41, 5.74) is -2.67. The van der Waals surface area contributed by atoms with E-state index in [4.69, 9.17) is 4.74 Å². The number of rotatable bonds is 5. The minimum Gasteiger partial charge on any atom is -0.497 e. The highest BCUT2D eigenvalue weighted by atomic mass is 19.4. The van der Waals surface area contributed by atoms with E-state index < -0.39 is 34.9 Å². The Morgan fingerprint density at radius 1 is 1.20 bits per heavy atom. The van der Waals surface area contributed by atoms with Crippen LogP contribution in [0.3, 0.4) is 0 Å². The monoisotopic (exact) mass is 356 g/mol. The molecule has 0 saturated heterocycles. The van der Waals surface area contributed by atoms with E-state index in [0.29, 0.717) is 5.75 Å². The van der Waals surface area contributed by atoms with Gasteiger partial charge in [-0.05, 0) is 31.2 Å². The molecule has 0 amide bonds. The van der Waals surface area contributed by atoms with Gasteiger partial charge in [-0.2, -0.15) is 18.3 Å². The first kappa shape index (κ1) is 18.5. The number of ether oxygens (including phenoxy) is 2. The van der Waals surface area contributed by atoms with Crippen LogP contribution in [0.1, 0.15) is 40.4 Å². The summed E-state index contributed by atoms with van der Waals surface area (Å²) in [4.78, 5) is 24.0. The molecule has 2 aromatic rings. The second-order valence-electron chi connectivity index (χ2n) is 4.96. The normalized spacial score (nSPS) is 11.3. The number of Topliss-reactive ketones (excluding diaryl/α,β-unsaturated/α-hetero) is 1. The van der Waals surface area contributed by atoms with Crippen LogP contribution < -0.4 is 4.74 Å². The SMILES string of the molecule is CCOC(=O)c1c(C(F)(F)F)nn(-c2ccc(OC)cc2)c1C(C)=O. The summed E-state index contributed by atoms with van der Waals surface area (Å²) in [7, 11) is 1.44. The van der Waals surface area contributed by atoms with Gasteiger partial charge in [0.25, 0.3) is 0 Å². The Hall–Kier alpha value is -2.84. The van der Waals surface area contributed by atoms with Crippen molar-refractivity contribution in [3.05, 3.63) is 41.2 Å². The fraction of sp³-hybridized carbons (Fsp3) is 0.312. The van der Waals surface area contributed by atoms with E-state index in [1.54, 1.807) is 0 Å². The Kier molecular flexibility index (Phi) is 5.15. The van der Waals surface area contributed by atoms with Gasteiger partial charge in [0.05, 0.1) is 19.4 Å². The molecular weight excluding hydrogens is 341 g/mol. The Morgan fingerprint density at radius 2 is 1.80 bits per heavy atom. The number of carbonyl (C=O) groups is 2. The molecule has 2 rings (SSSR count). The minimum atomic E-state index is -4.93. The zero-order valence-electron chi connectivity index (χ0n) is 13.7. The van der Waals surface area contributed by atoms with Gasteiger partial charge in [-0.25, -0.2) is 9.48 Å². The van der Waals surface area contributed by atoms with Crippen LogP contribution in [0.25, 0.3) is 5.69 Å². The van der Waals surface area contributed by atoms with Crippen LogP contribution in [-0.4, -0.2) is 35.2 Å². The molecule has 0 aliphatic carbocycles. The summed E-state index contributed by atoms with van der Waals surface area (Å²) in [5, 5.41) is 3.46. The number of nitrogens with zero attached hydrogens (tertiary/aromatic N) is 2. The van der Waals surface area contributed by atoms with Gasteiger partial charge >= 0.3 is 12.1 Å². The van der Waals surface area contributed by atoms with Crippen molar-refractivity contribution in [1.29, 1.82) is 0 Å². The van der Waals surface area contributed by atoms with Gasteiger partial charge < -0.3 is 9.47 Å². The summed E-state index contributed by atoms with van der Waals surface area (Å²) in [6.45, 7) is 2.37. The van der Waals surface area contributed by atoms with Crippen molar-refractivity contribution >= 4 is 11.8 Å². The molecule has 1 aromatic carbocycles. The van der Waals surface area contributed by atoms with Crippen molar-refractivity contribution in [2.45, 2.75) is 20.0 Å². The summed E-state index contributed by atoms with van der Waals surface area (Å²) >= 11 is 0. The van der Waals surface area contributed by atoms with Gasteiger partial charge in [0, 0.05) is 6.92 Å². The van der Waals surface area contributed by atoms with E-state index in [2.05, 4.69) is 9.84 Å². The maximum Gasteiger partial charge on any atom is 0.436 e. The quantitative estimate of drug-likeness (QED) is 0.607. The predicted octanol–water partition coefficient (Wildman–Crippen LogP) is 3.28. The van der Waals surface area contributed by atoms with E-state index in [9.17, 15) is 22.8 Å². The molecule has 0 bridgehead atoms. The maximum absolute atomic E-state index is 13.3. The molecule has 0 spiro atoms. The van der Waals surface area contributed by atoms with Crippen molar-refractivity contribution in [2.75, 3.05) is 13.7 Å². The highest BCUT2D eigenvalue weighted by Crippen LogP contribution is 2.34. The number of carbonyl (C=O) groups excluding carboxylic acids is 2. The second kappa shape index (κ2) is 6.96. The summed E-state index contributed by atoms with van der Waals surface area (Å²) in [5.74, 6) is -1.52. The number of hydrogen-bond donors (Lipinski definition) is 0. The lowest BCUT2D eigenvalue weighted by Crippen LogP contribution is -2.16. The fourth-order valence-corrected chi connectivity index (χ4v) is 2.25. The molecule has 9 heteroatoms. The predicted molar refractivity (Wildman–Crippen MR) is 81.1 cm³/mol. The number of halogens is 3. The first-order valence-corrected chi connectivity index (χ1v) is 7.23. The fourth-order valence-electron chi connectivity index (χ4n) is 2.25. The molecule has 1 aromatic heterocycles. The van der Waals surface area contributed by atoms with Crippen LogP contribution in [0.5, 0.6) is 5.75 Å². The van der Waals surface area contributed by atoms with Crippen LogP contribution in [0.15, 0.2) is 24.3 Å². The third-order valence-corrected chi connectivity index (χ3v) is 3.28. The molecule has 0 radical (unpaired) electrons. The molecule has 0 fully saturated rings. The molecule has 6 nitrogen and oxygen atoms in total. The van der Waals surface area contributed by atoms with Crippen molar-refractivity contribution < 1.29 is 32.2 Å². The van der Waals surface area contributed by atoms with Crippen LogP contribution >= 0.6 is 0 Å². The van der Waals surface area contributed by atoms with Crippen molar-refractivity contribution in [2.24, 2.45) is 0 Å². The van der Waals surface area contributed by atoms with Crippen LogP contribution in [-0.2, 0) is 10.9 Å². The van der Waals surface area contributed by atoms with Gasteiger partial charge in [0.1, 0.15) is 17.0 Å². The van der Waals surface area contributed by atoms with Crippen molar-refractivity contribution in [3.8, 4) is 11.4 Å². The standard InChI is InChI=1S/C16H15F3N2O4/c1-4-25-15(23)12-13(9(2)22)21(20-14(12)16(17,18)19)10-5-7-11(24-3)8-6-10/h5-8H,4H2,1-3H3. The van der Waals surface area contributed by atoms with E-state index in [0.717, 1.165) is 11.6 Å². The molecule has 134 valence electrons. The summed E-state index contributed by atoms with van der Waals surface area (Å²) in [6.07, 6.45) is -4.93. The molecule has 0 atom stereocenters. The van der Waals surface area contributed by atoms with Crippen LogP contribution in [0.4, 0.5) is 13.2 Å². The molecule has 25 heavy (non-hydrogen) atoms. The number of methoxy groups -OCH3 is 1. The van der Waals surface area contributed by atoms with Gasteiger partial charge in [-0.3, -0.25) is 4.79 Å². The maximum atomic E-state index is 13.3. The zero-order chi connectivity index (χ0) is 18.8. The second-order valence-corrected chi connectivity index (χ2v) is 4.96. The average molecular weight is 356 g/mol. The molecular formula is C16H15F3N2O4. The van der Waals surface area contributed by atoms with Crippen molar-refractivity contribution in [1.82, 2.24) is 9.78 Å². The first-order valence-electron chi connectivity index (χ1n) is 7.23. The smallest absolute Gasteiger partial charge is 0.436 e. The zero-order valence-corrected chi connectivity index (χ0v) is 13.7. The minimum absolute atomic E-state index is 0.138. The molecule has 0 aliphatic rings. The number of aromatic nitrogens is 2. The highest BCUT2D eigenvalue weighted by Gasteiger charge is 2.43. The molecule has 1 heterocycles. The number of ketones is 1. The van der Waals surface area contributed by atoms with E-state index in [1.807, 2.05) is 0 Å². The van der Waals surface area contributed by atoms with Crippen molar-refractivity contribution in [3.63, 3.8) is 0 Å². The first-order chi connectivity index (χ1) is 11.7. The Balaban J connectivity index is 2.75. The average Bonchev–Trinajstić information content (AvgIpc) is 2.96. The molecule has 0 aliphatic heterocycles. The summed E-state index contributed by atoms with van der Waals surface area (Å²) in [6, 6.07) is 5.84. The highest BCUT2D eigenvalue weighted by molar-refractivity contribution is 6.05. The topological polar surface area (TPSA) is 70.4 Å². The number of benzene rings is 1. The Bertz CT molecular complexity index is 795. The largest absolute Gasteiger partial charge is 0.497 e. The van der Waals surface area contributed by atoms with E-state index in [-0.39, 0.29) is 12.3 Å².